The number of anilines is 2. The van der Waals surface area contributed by atoms with E-state index < -0.39 is 5.60 Å². The van der Waals surface area contributed by atoms with Gasteiger partial charge in [0.15, 0.2) is 5.13 Å². The Bertz CT molecular complexity index is 510. The van der Waals surface area contributed by atoms with E-state index in [4.69, 9.17) is 5.73 Å². The highest BCUT2D eigenvalue weighted by Gasteiger charge is 2.36. The largest absolute Gasteiger partial charge is 0.388 e. The van der Waals surface area contributed by atoms with Crippen molar-refractivity contribution in [2.24, 2.45) is 0 Å². The molecule has 1 saturated heterocycles. The number of carbonyl (C=O) groups excluding carboxylic acids is 1. The highest BCUT2D eigenvalue weighted by Crippen LogP contribution is 2.32. The van der Waals surface area contributed by atoms with Gasteiger partial charge < -0.3 is 21.1 Å². The standard InChI is InChI=1S/C12H18N4O2S/c1-12(18)4-5-16(6-12)10(17)8-9(13)15-11(19-8)14-7-2-3-7/h7,18H,2-6,13H2,1H3,(H,14,15). The highest BCUT2D eigenvalue weighted by atomic mass is 32.1. The van der Waals surface area contributed by atoms with Gasteiger partial charge in [0, 0.05) is 19.1 Å². The topological polar surface area (TPSA) is 91.5 Å². The normalized spacial score (nSPS) is 26.7. The van der Waals surface area contributed by atoms with Crippen LogP contribution in [0.3, 0.4) is 0 Å². The van der Waals surface area contributed by atoms with Gasteiger partial charge in [-0.3, -0.25) is 4.79 Å². The first kappa shape index (κ1) is 12.7. The molecular weight excluding hydrogens is 264 g/mol. The van der Waals surface area contributed by atoms with Crippen molar-refractivity contribution in [3.63, 3.8) is 0 Å². The maximum atomic E-state index is 12.3. The molecular formula is C12H18N4O2S. The fraction of sp³-hybridized carbons (Fsp3) is 0.667. The lowest BCUT2D eigenvalue weighted by atomic mass is 10.1. The van der Waals surface area contributed by atoms with Gasteiger partial charge in [-0.15, -0.1) is 0 Å². The van der Waals surface area contributed by atoms with Gasteiger partial charge in [-0.05, 0) is 26.2 Å². The molecule has 1 aliphatic carbocycles. The van der Waals surface area contributed by atoms with Crippen LogP contribution in [-0.2, 0) is 0 Å². The van der Waals surface area contributed by atoms with Gasteiger partial charge in [0.1, 0.15) is 10.7 Å². The number of hydrogen-bond acceptors (Lipinski definition) is 6. The van der Waals surface area contributed by atoms with Gasteiger partial charge in [0.25, 0.3) is 5.91 Å². The van der Waals surface area contributed by atoms with E-state index in [1.807, 2.05) is 0 Å². The molecule has 1 atom stereocenters. The number of hydrogen-bond donors (Lipinski definition) is 3. The predicted octanol–water partition coefficient (Wildman–Crippen LogP) is 0.897. The third-order valence-corrected chi connectivity index (χ3v) is 4.48. The summed E-state index contributed by atoms with van der Waals surface area (Å²) in [5.74, 6) is 0.154. The number of aromatic nitrogens is 1. The maximum Gasteiger partial charge on any atom is 0.267 e. The number of β-amino-alcohol motifs (C(OH)–C–C–N with tert-alkyl or cyclic N) is 1. The summed E-state index contributed by atoms with van der Waals surface area (Å²) in [7, 11) is 0. The molecule has 104 valence electrons. The Hall–Kier alpha value is -1.34. The summed E-state index contributed by atoms with van der Waals surface area (Å²) in [6.45, 7) is 2.67. The summed E-state index contributed by atoms with van der Waals surface area (Å²) >= 11 is 1.30. The van der Waals surface area contributed by atoms with Crippen molar-refractivity contribution in [2.75, 3.05) is 24.1 Å². The van der Waals surface area contributed by atoms with Crippen LogP contribution in [0.5, 0.6) is 0 Å². The molecule has 1 aliphatic heterocycles. The first-order chi connectivity index (χ1) is 8.94. The summed E-state index contributed by atoms with van der Waals surface area (Å²) in [4.78, 5) is 18.7. The van der Waals surface area contributed by atoms with E-state index >= 15 is 0 Å². The van der Waals surface area contributed by atoms with Crippen molar-refractivity contribution in [2.45, 2.75) is 37.8 Å². The first-order valence-electron chi connectivity index (χ1n) is 6.49. The second kappa shape index (κ2) is 4.35. The second-order valence-corrected chi connectivity index (χ2v) is 6.62. The highest BCUT2D eigenvalue weighted by molar-refractivity contribution is 7.18. The summed E-state index contributed by atoms with van der Waals surface area (Å²) in [6.07, 6.45) is 2.90. The van der Waals surface area contributed by atoms with Gasteiger partial charge in [-0.25, -0.2) is 4.98 Å². The van der Waals surface area contributed by atoms with Gasteiger partial charge >= 0.3 is 0 Å². The molecule has 2 fully saturated rings. The number of nitrogen functional groups attached to an aromatic ring is 1. The van der Waals surface area contributed by atoms with Crippen molar-refractivity contribution < 1.29 is 9.90 Å². The first-order valence-corrected chi connectivity index (χ1v) is 7.31. The van der Waals surface area contributed by atoms with Gasteiger partial charge in [-0.1, -0.05) is 11.3 Å². The van der Waals surface area contributed by atoms with Crippen LogP contribution in [0.4, 0.5) is 10.9 Å². The molecule has 2 aliphatic rings. The van der Waals surface area contributed by atoms with Crippen molar-refractivity contribution in [1.29, 1.82) is 0 Å². The molecule has 7 heteroatoms. The zero-order valence-electron chi connectivity index (χ0n) is 10.8. The number of nitrogens with two attached hydrogens (primary N) is 1. The Labute approximate surface area is 115 Å². The van der Waals surface area contributed by atoms with Crippen molar-refractivity contribution >= 4 is 28.2 Å². The minimum atomic E-state index is -0.787. The van der Waals surface area contributed by atoms with E-state index in [9.17, 15) is 9.90 Å². The molecule has 1 unspecified atom stereocenters. The van der Waals surface area contributed by atoms with Gasteiger partial charge in [0.2, 0.25) is 0 Å². The number of likely N-dealkylation sites (tertiary alicyclic amines) is 1. The van der Waals surface area contributed by atoms with E-state index in [0.29, 0.717) is 35.6 Å². The number of rotatable bonds is 3. The fourth-order valence-corrected chi connectivity index (χ4v) is 3.14. The molecule has 3 rings (SSSR count). The average molecular weight is 282 g/mol. The van der Waals surface area contributed by atoms with Crippen molar-refractivity contribution in [3.05, 3.63) is 4.88 Å². The Balaban J connectivity index is 1.74. The number of amides is 1. The summed E-state index contributed by atoms with van der Waals surface area (Å²) in [6, 6.07) is 0.487. The van der Waals surface area contributed by atoms with Crippen LogP contribution in [0.25, 0.3) is 0 Å². The van der Waals surface area contributed by atoms with Crippen molar-refractivity contribution in [1.82, 2.24) is 9.88 Å². The Morgan fingerprint density at radius 2 is 2.37 bits per heavy atom. The van der Waals surface area contributed by atoms with Gasteiger partial charge in [0.05, 0.1) is 5.60 Å². The fourth-order valence-electron chi connectivity index (χ4n) is 2.21. The van der Waals surface area contributed by atoms with Gasteiger partial charge in [-0.2, -0.15) is 0 Å². The Morgan fingerprint density at radius 3 is 2.95 bits per heavy atom. The molecule has 0 radical (unpaired) electrons. The Morgan fingerprint density at radius 1 is 1.63 bits per heavy atom. The molecule has 6 nitrogen and oxygen atoms in total. The molecule has 19 heavy (non-hydrogen) atoms. The molecule has 2 heterocycles. The van der Waals surface area contributed by atoms with Crippen LogP contribution < -0.4 is 11.1 Å². The number of thiazole rings is 1. The van der Waals surface area contributed by atoms with Crippen LogP contribution in [0.2, 0.25) is 0 Å². The number of carbonyl (C=O) groups is 1. The zero-order valence-corrected chi connectivity index (χ0v) is 11.7. The molecule has 1 aromatic rings. The molecule has 1 aromatic heterocycles. The van der Waals surface area contributed by atoms with Crippen LogP contribution in [0, 0.1) is 0 Å². The lowest BCUT2D eigenvalue weighted by Crippen LogP contribution is -2.33. The third kappa shape index (κ3) is 2.66. The molecule has 0 aromatic carbocycles. The number of nitrogens with one attached hydrogen (secondary N) is 1. The lowest BCUT2D eigenvalue weighted by molar-refractivity contribution is 0.0575. The third-order valence-electron chi connectivity index (χ3n) is 3.49. The SMILES string of the molecule is CC1(O)CCN(C(=O)c2sc(NC3CC3)nc2N)C1. The van der Waals surface area contributed by atoms with Crippen LogP contribution >= 0.6 is 11.3 Å². The molecule has 4 N–H and O–H groups in total. The number of aliphatic hydroxyl groups is 1. The smallest absolute Gasteiger partial charge is 0.267 e. The minimum Gasteiger partial charge on any atom is -0.388 e. The monoisotopic (exact) mass is 282 g/mol. The zero-order chi connectivity index (χ0) is 13.6. The summed E-state index contributed by atoms with van der Waals surface area (Å²) in [5.41, 5.74) is 5.04. The van der Waals surface area contributed by atoms with E-state index in [1.54, 1.807) is 11.8 Å². The lowest BCUT2D eigenvalue weighted by Gasteiger charge is -2.18. The molecule has 0 spiro atoms. The minimum absolute atomic E-state index is 0.128. The summed E-state index contributed by atoms with van der Waals surface area (Å²) in [5, 5.41) is 13.9. The molecule has 1 amide bonds. The van der Waals surface area contributed by atoms with E-state index in [2.05, 4.69) is 10.3 Å². The van der Waals surface area contributed by atoms with E-state index in [-0.39, 0.29) is 11.7 Å². The second-order valence-electron chi connectivity index (χ2n) is 5.63. The summed E-state index contributed by atoms with van der Waals surface area (Å²) < 4.78 is 0. The quantitative estimate of drug-likeness (QED) is 0.766. The van der Waals surface area contributed by atoms with Crippen molar-refractivity contribution in [3.8, 4) is 0 Å². The Kier molecular flexibility index (Phi) is 2.90. The van der Waals surface area contributed by atoms with Crippen LogP contribution in [0.15, 0.2) is 0 Å². The van der Waals surface area contributed by atoms with Crippen LogP contribution in [-0.4, -0.2) is 45.6 Å². The molecule has 0 bridgehead atoms. The van der Waals surface area contributed by atoms with E-state index in [1.165, 1.54) is 11.3 Å². The van der Waals surface area contributed by atoms with E-state index in [0.717, 1.165) is 12.8 Å². The maximum absolute atomic E-state index is 12.3. The average Bonchev–Trinajstić information content (AvgIpc) is 2.95. The molecule has 1 saturated carbocycles. The predicted molar refractivity (Wildman–Crippen MR) is 74.3 cm³/mol. The number of nitrogens with zero attached hydrogens (tertiary/aromatic N) is 2. The van der Waals surface area contributed by atoms with Crippen LogP contribution in [0.1, 0.15) is 35.9 Å².